The van der Waals surface area contributed by atoms with Crippen LogP contribution < -0.4 is 14.8 Å². The van der Waals surface area contributed by atoms with E-state index < -0.39 is 16.5 Å². The second-order valence-electron chi connectivity index (χ2n) is 7.19. The fourth-order valence-electron chi connectivity index (χ4n) is 3.11. The van der Waals surface area contributed by atoms with Gasteiger partial charge < -0.3 is 14.8 Å². The Hall–Kier alpha value is -3.58. The lowest BCUT2D eigenvalue weighted by atomic mass is 10.1. The van der Waals surface area contributed by atoms with E-state index in [1.54, 1.807) is 25.1 Å². The summed E-state index contributed by atoms with van der Waals surface area (Å²) in [6.07, 6.45) is 1.34. The number of hydrogen-bond donors (Lipinski definition) is 1. The predicted octanol–water partition coefficient (Wildman–Crippen LogP) is 7.19. The number of ether oxygens (including phenoxy) is 2. The van der Waals surface area contributed by atoms with Crippen molar-refractivity contribution in [2.45, 2.75) is 13.5 Å². The molecule has 11 heteroatoms. The highest BCUT2D eigenvalue weighted by atomic mass is 79.9. The van der Waals surface area contributed by atoms with E-state index in [4.69, 9.17) is 32.7 Å². The van der Waals surface area contributed by atoms with Crippen molar-refractivity contribution in [1.29, 1.82) is 5.26 Å². The second kappa shape index (κ2) is 12.4. The van der Waals surface area contributed by atoms with E-state index in [-0.39, 0.29) is 22.9 Å². The number of nitrogens with zero attached hydrogens (tertiary/aromatic N) is 2. The molecule has 0 heterocycles. The number of anilines is 1. The van der Waals surface area contributed by atoms with Crippen molar-refractivity contribution >= 4 is 62.5 Å². The van der Waals surface area contributed by atoms with Crippen molar-refractivity contribution in [2.24, 2.45) is 0 Å². The Morgan fingerprint density at radius 2 is 1.94 bits per heavy atom. The molecule has 3 aromatic carbocycles. The van der Waals surface area contributed by atoms with Crippen molar-refractivity contribution in [1.82, 2.24) is 0 Å². The lowest BCUT2D eigenvalue weighted by Crippen LogP contribution is -2.14. The molecule has 0 bridgehead atoms. The first-order valence-corrected chi connectivity index (χ1v) is 12.0. The number of benzene rings is 3. The molecule has 0 aliphatic heterocycles. The van der Waals surface area contributed by atoms with Gasteiger partial charge in [-0.25, -0.2) is 0 Å². The standard InChI is InChI=1S/C25H18BrCl2N3O5/c1-2-35-23-11-15(10-19(26)24(23)36-14-16-5-3-4-6-20(16)28)9-17(13-29)25(32)30-21-8-7-18(27)12-22(21)31(33)34/h3-12H,2,14H2,1H3,(H,30,32)/b17-9+. The number of carbonyl (C=O) groups excluding carboxylic acids is 1. The SMILES string of the molecule is CCOc1cc(/C=C(\C#N)C(=O)Nc2ccc(Cl)cc2[N+](=O)[O-])cc(Br)c1OCc1ccccc1Cl. The Balaban J connectivity index is 1.89. The Morgan fingerprint density at radius 1 is 1.19 bits per heavy atom. The van der Waals surface area contributed by atoms with Crippen molar-refractivity contribution in [3.8, 4) is 17.6 Å². The monoisotopic (exact) mass is 589 g/mol. The molecule has 1 N–H and O–H groups in total. The first-order chi connectivity index (χ1) is 17.2. The fourth-order valence-corrected chi connectivity index (χ4v) is 4.04. The third-order valence-electron chi connectivity index (χ3n) is 4.74. The summed E-state index contributed by atoms with van der Waals surface area (Å²) in [5.41, 5.74) is 0.493. The minimum absolute atomic E-state index is 0.0879. The lowest BCUT2D eigenvalue weighted by molar-refractivity contribution is -0.383. The van der Waals surface area contributed by atoms with Gasteiger partial charge in [0, 0.05) is 21.7 Å². The van der Waals surface area contributed by atoms with Crippen LogP contribution in [0.3, 0.4) is 0 Å². The summed E-state index contributed by atoms with van der Waals surface area (Å²) < 4.78 is 12.2. The normalized spacial score (nSPS) is 10.9. The first-order valence-electron chi connectivity index (χ1n) is 10.4. The summed E-state index contributed by atoms with van der Waals surface area (Å²) in [5.74, 6) is -0.0130. The molecule has 8 nitrogen and oxygen atoms in total. The van der Waals surface area contributed by atoms with Crippen LogP contribution in [0.1, 0.15) is 18.1 Å². The van der Waals surface area contributed by atoms with Gasteiger partial charge in [0.15, 0.2) is 11.5 Å². The van der Waals surface area contributed by atoms with Crippen LogP contribution in [-0.2, 0) is 11.4 Å². The maximum Gasteiger partial charge on any atom is 0.294 e. The van der Waals surface area contributed by atoms with E-state index >= 15 is 0 Å². The van der Waals surface area contributed by atoms with Crippen molar-refractivity contribution < 1.29 is 19.2 Å². The second-order valence-corrected chi connectivity index (χ2v) is 8.88. The average Bonchev–Trinajstić information content (AvgIpc) is 2.84. The summed E-state index contributed by atoms with van der Waals surface area (Å²) in [5, 5.41) is 24.0. The highest BCUT2D eigenvalue weighted by Gasteiger charge is 2.19. The molecule has 0 spiro atoms. The van der Waals surface area contributed by atoms with E-state index in [0.717, 1.165) is 11.6 Å². The van der Waals surface area contributed by atoms with Crippen molar-refractivity contribution in [3.63, 3.8) is 0 Å². The molecule has 36 heavy (non-hydrogen) atoms. The maximum atomic E-state index is 12.7. The summed E-state index contributed by atoms with van der Waals surface area (Å²) in [7, 11) is 0. The molecule has 3 rings (SSSR count). The molecule has 3 aromatic rings. The van der Waals surface area contributed by atoms with Gasteiger partial charge in [0.05, 0.1) is 16.0 Å². The summed E-state index contributed by atoms with van der Waals surface area (Å²) in [4.78, 5) is 23.3. The van der Waals surface area contributed by atoms with Gasteiger partial charge in [0.2, 0.25) is 0 Å². The Kier molecular flexibility index (Phi) is 9.31. The highest BCUT2D eigenvalue weighted by Crippen LogP contribution is 2.38. The smallest absolute Gasteiger partial charge is 0.294 e. The number of nitro benzene ring substituents is 1. The minimum Gasteiger partial charge on any atom is -0.490 e. The molecule has 0 aliphatic rings. The molecule has 0 atom stereocenters. The molecule has 0 radical (unpaired) electrons. The van der Waals surface area contributed by atoms with E-state index in [2.05, 4.69) is 21.2 Å². The van der Waals surface area contributed by atoms with Gasteiger partial charge in [-0.1, -0.05) is 41.4 Å². The van der Waals surface area contributed by atoms with Gasteiger partial charge in [0.1, 0.15) is 23.9 Å². The van der Waals surface area contributed by atoms with Crippen LogP contribution in [0.25, 0.3) is 6.08 Å². The van der Waals surface area contributed by atoms with Gasteiger partial charge in [-0.3, -0.25) is 14.9 Å². The topological polar surface area (TPSA) is 114 Å². The van der Waals surface area contributed by atoms with E-state index in [0.29, 0.717) is 33.2 Å². The van der Waals surface area contributed by atoms with E-state index in [9.17, 15) is 20.2 Å². The van der Waals surface area contributed by atoms with Gasteiger partial charge in [-0.2, -0.15) is 5.26 Å². The number of halogens is 3. The third-order valence-corrected chi connectivity index (χ3v) is 5.94. The summed E-state index contributed by atoms with van der Waals surface area (Å²) in [6.45, 7) is 2.34. The van der Waals surface area contributed by atoms with E-state index in [1.807, 2.05) is 24.3 Å². The zero-order chi connectivity index (χ0) is 26.2. The molecule has 184 valence electrons. The molecule has 0 aliphatic carbocycles. The quantitative estimate of drug-likeness (QED) is 0.122. The molecule has 1 amide bonds. The number of nitro groups is 1. The van der Waals surface area contributed by atoms with E-state index in [1.165, 1.54) is 18.2 Å². The van der Waals surface area contributed by atoms with Crippen LogP contribution in [0.5, 0.6) is 11.5 Å². The largest absolute Gasteiger partial charge is 0.490 e. The molecule has 0 fully saturated rings. The van der Waals surface area contributed by atoms with Crippen LogP contribution >= 0.6 is 39.1 Å². The third kappa shape index (κ3) is 6.76. The van der Waals surface area contributed by atoms with Gasteiger partial charge in [-0.15, -0.1) is 0 Å². The van der Waals surface area contributed by atoms with Gasteiger partial charge in [-0.05, 0) is 64.8 Å². The maximum absolute atomic E-state index is 12.7. The van der Waals surface area contributed by atoms with Crippen LogP contribution in [0.2, 0.25) is 10.0 Å². The number of amides is 1. The number of nitriles is 1. The Bertz CT molecular complexity index is 1390. The van der Waals surface area contributed by atoms with Crippen molar-refractivity contribution in [2.75, 3.05) is 11.9 Å². The van der Waals surface area contributed by atoms with Gasteiger partial charge in [0.25, 0.3) is 11.6 Å². The molecular formula is C25H18BrCl2N3O5. The predicted molar refractivity (Wildman–Crippen MR) is 141 cm³/mol. The number of rotatable bonds is 9. The molecule has 0 unspecified atom stereocenters. The van der Waals surface area contributed by atoms with Crippen molar-refractivity contribution in [3.05, 3.63) is 95.9 Å². The first kappa shape index (κ1) is 27.0. The van der Waals surface area contributed by atoms with Crippen LogP contribution in [0.4, 0.5) is 11.4 Å². The fraction of sp³-hybridized carbons (Fsp3) is 0.120. The summed E-state index contributed by atoms with van der Waals surface area (Å²) in [6, 6.07) is 16.2. The van der Waals surface area contributed by atoms with Crippen LogP contribution in [0, 0.1) is 21.4 Å². The lowest BCUT2D eigenvalue weighted by Gasteiger charge is -2.15. The van der Waals surface area contributed by atoms with Crippen LogP contribution in [-0.4, -0.2) is 17.4 Å². The Labute approximate surface area is 225 Å². The van der Waals surface area contributed by atoms with Crippen LogP contribution in [0.15, 0.2) is 64.6 Å². The minimum atomic E-state index is -0.823. The molecule has 0 aromatic heterocycles. The molecular weight excluding hydrogens is 573 g/mol. The number of carbonyl (C=O) groups is 1. The zero-order valence-corrected chi connectivity index (χ0v) is 21.9. The zero-order valence-electron chi connectivity index (χ0n) is 18.8. The number of hydrogen-bond acceptors (Lipinski definition) is 6. The highest BCUT2D eigenvalue weighted by molar-refractivity contribution is 9.10. The van der Waals surface area contributed by atoms with Gasteiger partial charge >= 0.3 is 0 Å². The summed E-state index contributed by atoms with van der Waals surface area (Å²) >= 11 is 15.5. The molecule has 0 saturated carbocycles. The Morgan fingerprint density at radius 3 is 2.61 bits per heavy atom. The average molecular weight is 591 g/mol. The molecule has 0 saturated heterocycles. The number of nitrogens with one attached hydrogen (secondary N) is 1.